The number of carbonyl (C=O) groups is 2. The normalized spacial score (nSPS) is 10.2. The largest absolute Gasteiger partial charge is 0.349 e. The summed E-state index contributed by atoms with van der Waals surface area (Å²) in [6, 6.07) is 15.6. The SMILES string of the molecule is Cc1ccccc1-c1cccc(NC(=O)NCCCC(=O)N(C)C)c1. The van der Waals surface area contributed by atoms with E-state index in [1.807, 2.05) is 36.4 Å². The maximum absolute atomic E-state index is 12.0. The smallest absolute Gasteiger partial charge is 0.319 e. The van der Waals surface area contributed by atoms with Crippen molar-refractivity contribution >= 4 is 17.6 Å². The molecule has 0 aliphatic rings. The van der Waals surface area contributed by atoms with Crippen molar-refractivity contribution in [2.45, 2.75) is 19.8 Å². The van der Waals surface area contributed by atoms with Crippen molar-refractivity contribution in [3.8, 4) is 11.1 Å². The quantitative estimate of drug-likeness (QED) is 0.789. The zero-order valence-electron chi connectivity index (χ0n) is 15.0. The lowest BCUT2D eigenvalue weighted by atomic mass is 10.0. The van der Waals surface area contributed by atoms with Gasteiger partial charge in [-0.2, -0.15) is 0 Å². The number of urea groups is 1. The van der Waals surface area contributed by atoms with Crippen LogP contribution in [0, 0.1) is 6.92 Å². The molecule has 0 aliphatic heterocycles. The highest BCUT2D eigenvalue weighted by Crippen LogP contribution is 2.25. The van der Waals surface area contributed by atoms with Gasteiger partial charge >= 0.3 is 6.03 Å². The third kappa shape index (κ3) is 5.64. The average molecular weight is 339 g/mol. The van der Waals surface area contributed by atoms with Crippen molar-refractivity contribution in [2.75, 3.05) is 26.0 Å². The molecule has 0 radical (unpaired) electrons. The molecule has 132 valence electrons. The Morgan fingerprint density at radius 3 is 2.52 bits per heavy atom. The van der Waals surface area contributed by atoms with Crippen molar-refractivity contribution in [2.24, 2.45) is 0 Å². The van der Waals surface area contributed by atoms with Gasteiger partial charge in [-0.1, -0.05) is 36.4 Å². The molecular weight excluding hydrogens is 314 g/mol. The minimum atomic E-state index is -0.265. The molecule has 0 heterocycles. The number of carbonyl (C=O) groups excluding carboxylic acids is 2. The van der Waals surface area contributed by atoms with Crippen LogP contribution in [0.1, 0.15) is 18.4 Å². The first-order valence-corrected chi connectivity index (χ1v) is 8.38. The van der Waals surface area contributed by atoms with Crippen LogP contribution in [-0.2, 0) is 4.79 Å². The molecule has 2 aromatic carbocycles. The summed E-state index contributed by atoms with van der Waals surface area (Å²) in [5.74, 6) is 0.0631. The number of amides is 3. The highest BCUT2D eigenvalue weighted by molar-refractivity contribution is 5.90. The van der Waals surface area contributed by atoms with E-state index in [9.17, 15) is 9.59 Å². The van der Waals surface area contributed by atoms with Gasteiger partial charge in [0.25, 0.3) is 0 Å². The molecule has 3 amide bonds. The molecular formula is C20H25N3O2. The van der Waals surface area contributed by atoms with E-state index >= 15 is 0 Å². The zero-order chi connectivity index (χ0) is 18.2. The highest BCUT2D eigenvalue weighted by Gasteiger charge is 2.06. The first-order valence-electron chi connectivity index (χ1n) is 8.38. The van der Waals surface area contributed by atoms with Crippen LogP contribution in [0.25, 0.3) is 11.1 Å². The Morgan fingerprint density at radius 1 is 1.04 bits per heavy atom. The van der Waals surface area contributed by atoms with E-state index in [0.29, 0.717) is 19.4 Å². The first kappa shape index (κ1) is 18.5. The van der Waals surface area contributed by atoms with Gasteiger partial charge in [0.05, 0.1) is 0 Å². The molecule has 0 fully saturated rings. The number of nitrogens with zero attached hydrogens (tertiary/aromatic N) is 1. The van der Waals surface area contributed by atoms with Crippen LogP contribution in [0.4, 0.5) is 10.5 Å². The number of nitrogens with one attached hydrogen (secondary N) is 2. The van der Waals surface area contributed by atoms with Gasteiger partial charge in [-0.3, -0.25) is 4.79 Å². The number of aryl methyl sites for hydroxylation is 1. The number of benzene rings is 2. The van der Waals surface area contributed by atoms with Gasteiger partial charge in [0.15, 0.2) is 0 Å². The maximum Gasteiger partial charge on any atom is 0.319 e. The molecule has 0 bridgehead atoms. The van der Waals surface area contributed by atoms with Crippen LogP contribution in [0.15, 0.2) is 48.5 Å². The molecule has 0 saturated heterocycles. The summed E-state index contributed by atoms with van der Waals surface area (Å²) >= 11 is 0. The van der Waals surface area contributed by atoms with Gasteiger partial charge in [-0.15, -0.1) is 0 Å². The zero-order valence-corrected chi connectivity index (χ0v) is 15.0. The van der Waals surface area contributed by atoms with Gasteiger partial charge in [-0.05, 0) is 42.2 Å². The summed E-state index contributed by atoms with van der Waals surface area (Å²) in [6.45, 7) is 2.53. The lowest BCUT2D eigenvalue weighted by Crippen LogP contribution is -2.30. The standard InChI is InChI=1S/C20H25N3O2/c1-15-8-4-5-11-18(15)16-9-6-10-17(14-16)22-20(25)21-13-7-12-19(24)23(2)3/h4-6,8-11,14H,7,12-13H2,1-3H3,(H2,21,22,25). The molecule has 5 nitrogen and oxygen atoms in total. The van der Waals surface area contributed by atoms with Gasteiger partial charge in [0, 0.05) is 32.7 Å². The Hall–Kier alpha value is -2.82. The molecule has 0 spiro atoms. The highest BCUT2D eigenvalue weighted by atomic mass is 16.2. The first-order chi connectivity index (χ1) is 12.0. The molecule has 2 N–H and O–H groups in total. The Bertz CT molecular complexity index is 741. The van der Waals surface area contributed by atoms with Crippen LogP contribution < -0.4 is 10.6 Å². The maximum atomic E-state index is 12.0. The van der Waals surface area contributed by atoms with Crippen LogP contribution in [-0.4, -0.2) is 37.5 Å². The molecule has 0 unspecified atom stereocenters. The molecule has 0 aliphatic carbocycles. The molecule has 0 atom stereocenters. The van der Waals surface area contributed by atoms with Gasteiger partial charge in [0.1, 0.15) is 0 Å². The summed E-state index contributed by atoms with van der Waals surface area (Å²) in [4.78, 5) is 25.0. The van der Waals surface area contributed by atoms with E-state index in [-0.39, 0.29) is 11.9 Å². The molecule has 2 aromatic rings. The van der Waals surface area contributed by atoms with Crippen molar-refractivity contribution in [1.29, 1.82) is 0 Å². The number of rotatable bonds is 6. The average Bonchev–Trinajstić information content (AvgIpc) is 2.59. The minimum Gasteiger partial charge on any atom is -0.349 e. The summed E-state index contributed by atoms with van der Waals surface area (Å²) in [7, 11) is 3.45. The third-order valence-corrected chi connectivity index (χ3v) is 3.93. The number of anilines is 1. The fourth-order valence-electron chi connectivity index (χ4n) is 2.50. The summed E-state index contributed by atoms with van der Waals surface area (Å²) in [6.07, 6.45) is 1.05. The van der Waals surface area contributed by atoms with Gasteiger partial charge < -0.3 is 15.5 Å². The fourth-order valence-corrected chi connectivity index (χ4v) is 2.50. The van der Waals surface area contributed by atoms with Crippen molar-refractivity contribution in [1.82, 2.24) is 10.2 Å². The van der Waals surface area contributed by atoms with Crippen LogP contribution in [0.2, 0.25) is 0 Å². The Kier molecular flexibility index (Phi) is 6.57. The molecule has 0 saturated carbocycles. The van der Waals surface area contributed by atoms with Gasteiger partial charge in [-0.25, -0.2) is 4.79 Å². The summed E-state index contributed by atoms with van der Waals surface area (Å²) < 4.78 is 0. The van der Waals surface area contributed by atoms with E-state index in [0.717, 1.165) is 16.8 Å². The molecule has 5 heteroatoms. The van der Waals surface area contributed by atoms with E-state index in [2.05, 4.69) is 29.7 Å². The van der Waals surface area contributed by atoms with Crippen molar-refractivity contribution in [3.63, 3.8) is 0 Å². The van der Waals surface area contributed by atoms with Crippen molar-refractivity contribution < 1.29 is 9.59 Å². The lowest BCUT2D eigenvalue weighted by Gasteiger charge is -2.11. The number of hydrogen-bond acceptors (Lipinski definition) is 2. The monoisotopic (exact) mass is 339 g/mol. The molecule has 25 heavy (non-hydrogen) atoms. The fraction of sp³-hybridized carbons (Fsp3) is 0.300. The summed E-state index contributed by atoms with van der Waals surface area (Å²) in [5, 5.41) is 5.61. The van der Waals surface area contributed by atoms with Gasteiger partial charge in [0.2, 0.25) is 5.91 Å². The number of hydrogen-bond donors (Lipinski definition) is 2. The predicted molar refractivity (Wildman–Crippen MR) is 102 cm³/mol. The second-order valence-electron chi connectivity index (χ2n) is 6.17. The van der Waals surface area contributed by atoms with E-state index in [4.69, 9.17) is 0 Å². The van der Waals surface area contributed by atoms with Crippen LogP contribution >= 0.6 is 0 Å². The second-order valence-corrected chi connectivity index (χ2v) is 6.17. The Morgan fingerprint density at radius 2 is 1.80 bits per heavy atom. The summed E-state index contributed by atoms with van der Waals surface area (Å²) in [5.41, 5.74) is 4.14. The topological polar surface area (TPSA) is 61.4 Å². The van der Waals surface area contributed by atoms with E-state index in [1.165, 1.54) is 5.56 Å². The predicted octanol–water partition coefficient (Wildman–Crippen LogP) is 3.65. The van der Waals surface area contributed by atoms with Crippen LogP contribution in [0.3, 0.4) is 0 Å². The minimum absolute atomic E-state index is 0.0631. The van der Waals surface area contributed by atoms with E-state index in [1.54, 1.807) is 19.0 Å². The lowest BCUT2D eigenvalue weighted by molar-refractivity contribution is -0.128. The Balaban J connectivity index is 1.88. The molecule has 0 aromatic heterocycles. The van der Waals surface area contributed by atoms with Crippen LogP contribution in [0.5, 0.6) is 0 Å². The van der Waals surface area contributed by atoms with E-state index < -0.39 is 0 Å². The molecule has 2 rings (SSSR count). The third-order valence-electron chi connectivity index (χ3n) is 3.93. The van der Waals surface area contributed by atoms with Crippen molar-refractivity contribution in [3.05, 3.63) is 54.1 Å². The second kappa shape index (κ2) is 8.87. The Labute approximate surface area is 149 Å².